The topological polar surface area (TPSA) is 94.7 Å². The van der Waals surface area contributed by atoms with E-state index < -0.39 is 15.6 Å². The third-order valence-electron chi connectivity index (χ3n) is 5.81. The highest BCUT2D eigenvalue weighted by molar-refractivity contribution is 7.89. The Labute approximate surface area is 174 Å². The summed E-state index contributed by atoms with van der Waals surface area (Å²) < 4.78 is 27.3. The first-order valence-electron chi connectivity index (χ1n) is 10.2. The summed E-state index contributed by atoms with van der Waals surface area (Å²) in [7, 11) is -3.52. The quantitative estimate of drug-likeness (QED) is 0.679. The molecule has 1 heterocycles. The molecule has 2 N–H and O–H groups in total. The molecule has 1 amide bonds. The number of carbonyl (C=O) groups excluding carboxylic acids is 1. The molecule has 0 aromatic heterocycles. The smallest absolute Gasteiger partial charge is 0.276 e. The molecule has 160 valence electrons. The van der Waals surface area contributed by atoms with E-state index in [1.165, 1.54) is 4.31 Å². The highest BCUT2D eigenvalue weighted by Gasteiger charge is 2.34. The van der Waals surface area contributed by atoms with Gasteiger partial charge in [-0.2, -0.15) is 9.57 Å². The number of rotatable bonds is 7. The second-order valence-electron chi connectivity index (χ2n) is 8.57. The number of carbonyl (C=O) groups is 1. The predicted octanol–water partition coefficient (Wildman–Crippen LogP) is 0.754. The highest BCUT2D eigenvalue weighted by atomic mass is 32.2. The minimum absolute atomic E-state index is 0.00414. The molecule has 0 spiro atoms. The summed E-state index contributed by atoms with van der Waals surface area (Å²) in [6.07, 6.45) is 0. The summed E-state index contributed by atoms with van der Waals surface area (Å²) in [6, 6.07) is 9.25. The monoisotopic (exact) mass is 421 g/mol. The Bertz CT molecular complexity index is 851. The van der Waals surface area contributed by atoms with E-state index in [0.29, 0.717) is 37.0 Å². The number of quaternary nitrogens is 1. The first-order chi connectivity index (χ1) is 13.5. The van der Waals surface area contributed by atoms with Crippen molar-refractivity contribution in [2.24, 2.45) is 5.92 Å². The van der Waals surface area contributed by atoms with Gasteiger partial charge in [0.1, 0.15) is 5.54 Å². The fourth-order valence-electron chi connectivity index (χ4n) is 3.26. The fraction of sp³-hybridized carbons (Fsp3) is 0.619. The van der Waals surface area contributed by atoms with E-state index in [0.717, 1.165) is 10.5 Å². The van der Waals surface area contributed by atoms with Crippen molar-refractivity contribution < 1.29 is 18.1 Å². The summed E-state index contributed by atoms with van der Waals surface area (Å²) in [5.74, 6) is 0.164. The summed E-state index contributed by atoms with van der Waals surface area (Å²) in [5, 5.41) is 12.2. The molecule has 1 atom stereocenters. The van der Waals surface area contributed by atoms with Gasteiger partial charge in [-0.3, -0.25) is 4.79 Å². The average Bonchev–Trinajstić information content (AvgIpc) is 2.68. The maximum Gasteiger partial charge on any atom is 0.276 e. The molecule has 0 aliphatic carbocycles. The highest BCUT2D eigenvalue weighted by Crippen LogP contribution is 2.20. The molecule has 1 aromatic rings. The van der Waals surface area contributed by atoms with Crippen molar-refractivity contribution >= 4 is 15.9 Å². The maximum absolute atomic E-state index is 12.9. The molecule has 8 heteroatoms. The van der Waals surface area contributed by atoms with Crippen molar-refractivity contribution in [1.29, 1.82) is 5.26 Å². The molecule has 7 nitrogen and oxygen atoms in total. The molecule has 2 rings (SSSR count). The van der Waals surface area contributed by atoms with Gasteiger partial charge >= 0.3 is 0 Å². The Morgan fingerprint density at radius 3 is 2.21 bits per heavy atom. The fourth-order valence-corrected chi connectivity index (χ4v) is 4.70. The van der Waals surface area contributed by atoms with Crippen molar-refractivity contribution in [3.8, 4) is 6.07 Å². The zero-order valence-electron chi connectivity index (χ0n) is 18.0. The molecule has 1 saturated heterocycles. The van der Waals surface area contributed by atoms with Gasteiger partial charge in [-0.25, -0.2) is 8.42 Å². The van der Waals surface area contributed by atoms with Gasteiger partial charge in [0, 0.05) is 0 Å². The van der Waals surface area contributed by atoms with Crippen LogP contribution in [0.2, 0.25) is 0 Å². The van der Waals surface area contributed by atoms with Gasteiger partial charge in [0.2, 0.25) is 10.0 Å². The minimum Gasteiger partial charge on any atom is -0.333 e. The van der Waals surface area contributed by atoms with Gasteiger partial charge in [-0.05, 0) is 36.5 Å². The number of hydrogen-bond donors (Lipinski definition) is 2. The van der Waals surface area contributed by atoms with Crippen molar-refractivity contribution in [2.75, 3.05) is 32.7 Å². The molecule has 1 aliphatic rings. The third kappa shape index (κ3) is 5.56. The van der Waals surface area contributed by atoms with Crippen molar-refractivity contribution in [1.82, 2.24) is 9.62 Å². The Balaban J connectivity index is 1.94. The van der Waals surface area contributed by atoms with Crippen LogP contribution in [0, 0.1) is 17.2 Å². The standard InChI is InChI=1S/C21H32N4O3S/c1-16(2)18-6-8-19(9-7-18)29(27,28)25-12-10-24(11-13-25)14-20(26)23-21(5,15-22)17(3)4/h6-9,16-17H,10-14H2,1-5H3,(H,23,26)/p+1/t21-/m1/s1. The lowest BCUT2D eigenvalue weighted by atomic mass is 9.90. The van der Waals surface area contributed by atoms with E-state index in [1.54, 1.807) is 19.1 Å². The van der Waals surface area contributed by atoms with Crippen LogP contribution in [0.1, 0.15) is 46.1 Å². The lowest BCUT2D eigenvalue weighted by Crippen LogP contribution is -3.16. The number of nitriles is 1. The number of benzene rings is 1. The summed E-state index contributed by atoms with van der Waals surface area (Å²) in [4.78, 5) is 13.7. The Hall–Kier alpha value is -1.95. The largest absolute Gasteiger partial charge is 0.333 e. The third-order valence-corrected chi connectivity index (χ3v) is 7.72. The zero-order valence-corrected chi connectivity index (χ0v) is 18.8. The summed E-state index contributed by atoms with van der Waals surface area (Å²) in [6.45, 7) is 11.8. The predicted molar refractivity (Wildman–Crippen MR) is 112 cm³/mol. The van der Waals surface area contributed by atoms with Gasteiger partial charge < -0.3 is 10.2 Å². The van der Waals surface area contributed by atoms with E-state index in [2.05, 4.69) is 25.2 Å². The lowest BCUT2D eigenvalue weighted by Gasteiger charge is -2.32. The van der Waals surface area contributed by atoms with E-state index in [9.17, 15) is 18.5 Å². The number of amides is 1. The van der Waals surface area contributed by atoms with Crippen LogP contribution < -0.4 is 10.2 Å². The molecular weight excluding hydrogens is 388 g/mol. The van der Waals surface area contributed by atoms with Gasteiger partial charge in [0.15, 0.2) is 6.54 Å². The van der Waals surface area contributed by atoms with Gasteiger partial charge in [0.25, 0.3) is 5.91 Å². The Kier molecular flexibility index (Phi) is 7.44. The molecular formula is C21H33N4O3S+. The number of nitrogens with one attached hydrogen (secondary N) is 2. The van der Waals surface area contributed by atoms with E-state index in [4.69, 9.17) is 0 Å². The van der Waals surface area contributed by atoms with Gasteiger partial charge in [-0.1, -0.05) is 39.8 Å². The number of sulfonamides is 1. The van der Waals surface area contributed by atoms with Gasteiger partial charge in [-0.15, -0.1) is 0 Å². The van der Waals surface area contributed by atoms with Crippen LogP contribution in [0.3, 0.4) is 0 Å². The van der Waals surface area contributed by atoms with Gasteiger partial charge in [0.05, 0.1) is 37.1 Å². The Morgan fingerprint density at radius 1 is 1.21 bits per heavy atom. The first kappa shape index (κ1) is 23.3. The van der Waals surface area contributed by atoms with Crippen LogP contribution in [0.5, 0.6) is 0 Å². The Morgan fingerprint density at radius 2 is 1.76 bits per heavy atom. The number of piperazine rings is 1. The lowest BCUT2D eigenvalue weighted by molar-refractivity contribution is -0.895. The van der Waals surface area contributed by atoms with Crippen molar-refractivity contribution in [2.45, 2.75) is 51.0 Å². The van der Waals surface area contributed by atoms with E-state index >= 15 is 0 Å². The molecule has 0 radical (unpaired) electrons. The van der Waals surface area contributed by atoms with Crippen LogP contribution in [0.25, 0.3) is 0 Å². The molecule has 0 bridgehead atoms. The van der Waals surface area contributed by atoms with Crippen LogP contribution in [-0.4, -0.2) is 56.9 Å². The van der Waals surface area contributed by atoms with Crippen LogP contribution in [0.4, 0.5) is 0 Å². The zero-order chi connectivity index (χ0) is 21.8. The molecule has 0 unspecified atom stereocenters. The second-order valence-corrected chi connectivity index (χ2v) is 10.5. The van der Waals surface area contributed by atoms with Crippen LogP contribution in [-0.2, 0) is 14.8 Å². The minimum atomic E-state index is -3.52. The number of nitrogens with zero attached hydrogens (tertiary/aromatic N) is 2. The van der Waals surface area contributed by atoms with Crippen LogP contribution >= 0.6 is 0 Å². The first-order valence-corrected chi connectivity index (χ1v) is 11.6. The molecule has 1 aromatic carbocycles. The van der Waals surface area contributed by atoms with E-state index in [-0.39, 0.29) is 18.4 Å². The molecule has 1 fully saturated rings. The molecule has 29 heavy (non-hydrogen) atoms. The molecule has 1 aliphatic heterocycles. The van der Waals surface area contributed by atoms with E-state index in [1.807, 2.05) is 26.0 Å². The summed E-state index contributed by atoms with van der Waals surface area (Å²) in [5.41, 5.74) is 0.208. The van der Waals surface area contributed by atoms with Crippen molar-refractivity contribution in [3.63, 3.8) is 0 Å². The normalized spacial score (nSPS) is 18.4. The number of hydrogen-bond acceptors (Lipinski definition) is 4. The second kappa shape index (κ2) is 9.24. The maximum atomic E-state index is 12.9. The average molecular weight is 422 g/mol. The summed E-state index contributed by atoms with van der Waals surface area (Å²) >= 11 is 0. The SMILES string of the molecule is CC(C)c1ccc(S(=O)(=O)N2CC[NH+](CC(=O)N[C@](C)(C#N)C(C)C)CC2)cc1. The van der Waals surface area contributed by atoms with Crippen LogP contribution in [0.15, 0.2) is 29.2 Å². The van der Waals surface area contributed by atoms with Crippen molar-refractivity contribution in [3.05, 3.63) is 29.8 Å². The molecule has 0 saturated carbocycles.